The SMILES string of the molecule is CC(=O)O.CC(=O)O.CC(=O)O.CC(=O)O.CCO.NCCN.O=[N+]([O-])[O-].O=[N+]([O-])[O-].[Co+2]. The fourth-order valence-corrected chi connectivity index (χ4v) is 0. The number of nitrogens with two attached hydrogens (primary N) is 2. The van der Waals surface area contributed by atoms with E-state index >= 15 is 0 Å². The van der Waals surface area contributed by atoms with Gasteiger partial charge < -0.3 is 67.6 Å². The van der Waals surface area contributed by atoms with Crippen LogP contribution in [-0.2, 0) is 36.0 Å². The second kappa shape index (κ2) is 63.0. The Morgan fingerprint density at radius 3 is 0.688 bits per heavy atom. The molecule has 0 rings (SSSR count). The molecule has 0 saturated carbocycles. The van der Waals surface area contributed by atoms with E-state index in [1.165, 1.54) is 0 Å². The monoisotopic (exact) mass is 529 g/mol. The van der Waals surface area contributed by atoms with Crippen molar-refractivity contribution in [2.75, 3.05) is 19.7 Å². The largest absolute Gasteiger partial charge is 2.00 e. The number of carboxylic acid groups (broad SMARTS) is 4. The average Bonchev–Trinajstić information content (AvgIpc) is 2.44. The number of rotatable bonds is 1. The van der Waals surface area contributed by atoms with Gasteiger partial charge in [-0.3, -0.25) is 19.2 Å². The van der Waals surface area contributed by atoms with Gasteiger partial charge in [0, 0.05) is 47.4 Å². The summed E-state index contributed by atoms with van der Waals surface area (Å²) >= 11 is 0. The second-order valence-corrected chi connectivity index (χ2v) is 3.42. The number of aliphatic carboxylic acids is 4. The van der Waals surface area contributed by atoms with Gasteiger partial charge in [-0.2, -0.15) is 0 Å². The Morgan fingerprint density at radius 1 is 0.656 bits per heavy atom. The van der Waals surface area contributed by atoms with Crippen LogP contribution in [0.2, 0.25) is 0 Å². The molecule has 20 heteroatoms. The summed E-state index contributed by atoms with van der Waals surface area (Å²) in [5, 5.41) is 66.7. The summed E-state index contributed by atoms with van der Waals surface area (Å²) in [5.41, 5.74) is 9.81. The molecule has 0 fully saturated rings. The van der Waals surface area contributed by atoms with E-state index in [0.29, 0.717) is 13.1 Å². The molecule has 0 aromatic carbocycles. The van der Waals surface area contributed by atoms with E-state index < -0.39 is 34.1 Å². The summed E-state index contributed by atoms with van der Waals surface area (Å²) in [7, 11) is 0. The minimum atomic E-state index is -1.75. The van der Waals surface area contributed by atoms with Crippen molar-refractivity contribution in [3.8, 4) is 0 Å². The predicted octanol–water partition coefficient (Wildman–Crippen LogP) is -1.21. The van der Waals surface area contributed by atoms with Crippen molar-refractivity contribution in [1.29, 1.82) is 0 Å². The Bertz CT molecular complexity index is 320. The van der Waals surface area contributed by atoms with E-state index in [0.717, 1.165) is 27.7 Å². The minimum absolute atomic E-state index is 0. The Morgan fingerprint density at radius 2 is 0.688 bits per heavy atom. The Labute approximate surface area is 192 Å². The number of aliphatic hydroxyl groups excluding tert-OH is 1. The van der Waals surface area contributed by atoms with Crippen LogP contribution in [0.5, 0.6) is 0 Å². The maximum atomic E-state index is 9.00. The molecule has 197 valence electrons. The summed E-state index contributed by atoms with van der Waals surface area (Å²) < 4.78 is 0. The van der Waals surface area contributed by atoms with Gasteiger partial charge in [-0.1, -0.05) is 0 Å². The molecule has 0 aromatic heterocycles. The normalized spacial score (nSPS) is 6.12. The number of carboxylic acids is 4. The molecule has 9 N–H and O–H groups in total. The summed E-state index contributed by atoms with van der Waals surface area (Å²) in [5.74, 6) is -3.33. The van der Waals surface area contributed by atoms with Gasteiger partial charge in [0.15, 0.2) is 0 Å². The van der Waals surface area contributed by atoms with Crippen LogP contribution in [0.3, 0.4) is 0 Å². The van der Waals surface area contributed by atoms with Gasteiger partial charge in [-0.25, -0.2) is 0 Å². The molecule has 0 spiro atoms. The van der Waals surface area contributed by atoms with Crippen LogP contribution in [0.1, 0.15) is 34.6 Å². The first-order valence-corrected chi connectivity index (χ1v) is 7.15. The van der Waals surface area contributed by atoms with Gasteiger partial charge in [0.05, 0.1) is 10.2 Å². The third-order valence-corrected chi connectivity index (χ3v) is 0.167. The van der Waals surface area contributed by atoms with E-state index in [1.54, 1.807) is 6.92 Å². The second-order valence-electron chi connectivity index (χ2n) is 3.42. The summed E-state index contributed by atoms with van der Waals surface area (Å²) in [6.45, 7) is 7.46. The Balaban J connectivity index is -0.0000000269. The standard InChI is InChI=1S/C2H8N2.4C2H4O2.C2H6O.Co.2NO3/c3-1-2-4;4*1-2(3)4;1-2-3;;2*2-1(3)4/h1-4H2;4*1H3,(H,3,4);3H,2H2,1H3;;;/q;;;;;;+2;2*-1. The van der Waals surface area contributed by atoms with Gasteiger partial charge in [-0.05, 0) is 6.92 Å². The maximum absolute atomic E-state index is 9.00. The molecule has 0 aromatic rings. The van der Waals surface area contributed by atoms with Crippen LogP contribution < -0.4 is 11.5 Å². The first kappa shape index (κ1) is 56.7. The molecular formula is C12H30CoN4O15. The quantitative estimate of drug-likeness (QED) is 0.154. The van der Waals surface area contributed by atoms with Crippen molar-refractivity contribution < 1.29 is 71.7 Å². The predicted molar refractivity (Wildman–Crippen MR) is 105 cm³/mol. The zero-order chi connectivity index (χ0) is 27.6. The zero-order valence-corrected chi connectivity index (χ0v) is 18.9. The van der Waals surface area contributed by atoms with Crippen molar-refractivity contribution in [3.05, 3.63) is 30.6 Å². The molecule has 0 bridgehead atoms. The molecule has 0 amide bonds. The van der Waals surface area contributed by atoms with Crippen molar-refractivity contribution in [3.63, 3.8) is 0 Å². The van der Waals surface area contributed by atoms with Gasteiger partial charge in [0.1, 0.15) is 0 Å². The topological polar surface area (TPSA) is 354 Å². The number of nitrogens with zero attached hydrogens (tertiary/aromatic N) is 2. The molecule has 32 heavy (non-hydrogen) atoms. The molecule has 0 unspecified atom stereocenters. The van der Waals surface area contributed by atoms with Crippen LogP contribution in [0.4, 0.5) is 0 Å². The molecular weight excluding hydrogens is 499 g/mol. The molecule has 0 atom stereocenters. The van der Waals surface area contributed by atoms with E-state index in [4.69, 9.17) is 86.8 Å². The van der Waals surface area contributed by atoms with Gasteiger partial charge in [0.25, 0.3) is 23.9 Å². The Kier molecular flexibility index (Phi) is 112. The van der Waals surface area contributed by atoms with Gasteiger partial charge >= 0.3 is 16.8 Å². The first-order chi connectivity index (χ1) is 13.7. The van der Waals surface area contributed by atoms with E-state index in [2.05, 4.69) is 0 Å². The van der Waals surface area contributed by atoms with Crippen LogP contribution in [-0.4, -0.2) is 79.3 Å². The number of hydrogen-bond donors (Lipinski definition) is 7. The molecule has 1 radical (unpaired) electrons. The fraction of sp³-hybridized carbons (Fsp3) is 0.667. The number of aliphatic hydroxyl groups is 1. The maximum Gasteiger partial charge on any atom is 2.00 e. The van der Waals surface area contributed by atoms with E-state index in [1.807, 2.05) is 0 Å². The summed E-state index contributed by atoms with van der Waals surface area (Å²) in [6.07, 6.45) is 0. The number of carbonyl (C=O) groups is 4. The van der Waals surface area contributed by atoms with E-state index in [-0.39, 0.29) is 23.4 Å². The molecule has 0 aliphatic carbocycles. The molecule has 19 nitrogen and oxygen atoms in total. The summed E-state index contributed by atoms with van der Waals surface area (Å²) in [4.78, 5) is 52.5. The molecule has 0 saturated heterocycles. The third-order valence-electron chi connectivity index (χ3n) is 0.167. The molecule has 0 aliphatic rings. The van der Waals surface area contributed by atoms with Crippen molar-refractivity contribution in [1.82, 2.24) is 0 Å². The average molecular weight is 529 g/mol. The third kappa shape index (κ3) is 3230. The van der Waals surface area contributed by atoms with E-state index in [9.17, 15) is 0 Å². The van der Waals surface area contributed by atoms with Crippen LogP contribution in [0.15, 0.2) is 0 Å². The first-order valence-electron chi connectivity index (χ1n) is 7.15. The van der Waals surface area contributed by atoms with Crippen LogP contribution in [0.25, 0.3) is 0 Å². The molecule has 0 aliphatic heterocycles. The fourth-order valence-electron chi connectivity index (χ4n) is 0. The van der Waals surface area contributed by atoms with Crippen molar-refractivity contribution >= 4 is 23.9 Å². The van der Waals surface area contributed by atoms with Crippen LogP contribution >= 0.6 is 0 Å². The summed E-state index contributed by atoms with van der Waals surface area (Å²) in [6, 6.07) is 0. The van der Waals surface area contributed by atoms with Gasteiger partial charge in [0.2, 0.25) is 0 Å². The van der Waals surface area contributed by atoms with Gasteiger partial charge in [-0.15, -0.1) is 0 Å². The smallest absolute Gasteiger partial charge is 0.481 e. The minimum Gasteiger partial charge on any atom is -0.481 e. The Hall–Kier alpha value is -3.33. The van der Waals surface area contributed by atoms with Crippen LogP contribution in [0, 0.1) is 30.6 Å². The number of hydrogen-bond acceptors (Lipinski definition) is 13. The van der Waals surface area contributed by atoms with Crippen molar-refractivity contribution in [2.24, 2.45) is 11.5 Å². The zero-order valence-electron chi connectivity index (χ0n) is 17.8. The van der Waals surface area contributed by atoms with Crippen molar-refractivity contribution in [2.45, 2.75) is 34.6 Å². The molecule has 0 heterocycles.